The summed E-state index contributed by atoms with van der Waals surface area (Å²) in [5.41, 5.74) is 3.17. The van der Waals surface area contributed by atoms with E-state index in [1.165, 1.54) is 0 Å². The molecule has 1 rings (SSSR count). The van der Waals surface area contributed by atoms with Crippen LogP contribution < -0.4 is 5.32 Å². The van der Waals surface area contributed by atoms with Crippen LogP contribution in [0.2, 0.25) is 0 Å². The summed E-state index contributed by atoms with van der Waals surface area (Å²) in [6.45, 7) is 5.66. The standard InChI is InChI=1S/C14H24N2O2S/c1-5-19(17,18)10-6-7-14(15-4)13-9-8-11(2)16-12(13)3/h8-9,14-15H,5-7,10H2,1-4H3. The van der Waals surface area contributed by atoms with E-state index in [1.807, 2.05) is 27.0 Å². The lowest BCUT2D eigenvalue weighted by atomic mass is 10.0. The quantitative estimate of drug-likeness (QED) is 0.833. The van der Waals surface area contributed by atoms with Crippen molar-refractivity contribution < 1.29 is 8.42 Å². The van der Waals surface area contributed by atoms with Crippen molar-refractivity contribution in [1.82, 2.24) is 10.3 Å². The lowest BCUT2D eigenvalue weighted by molar-refractivity contribution is 0.531. The van der Waals surface area contributed by atoms with Gasteiger partial charge in [0.15, 0.2) is 0 Å². The first-order valence-electron chi connectivity index (χ1n) is 6.71. The van der Waals surface area contributed by atoms with Gasteiger partial charge in [-0.3, -0.25) is 4.98 Å². The summed E-state index contributed by atoms with van der Waals surface area (Å²) in [4.78, 5) is 4.46. The van der Waals surface area contributed by atoms with Gasteiger partial charge < -0.3 is 5.32 Å². The number of aromatic nitrogens is 1. The summed E-state index contributed by atoms with van der Waals surface area (Å²) >= 11 is 0. The zero-order valence-electron chi connectivity index (χ0n) is 12.2. The number of nitrogens with one attached hydrogen (secondary N) is 1. The number of nitrogens with zero attached hydrogens (tertiary/aromatic N) is 1. The van der Waals surface area contributed by atoms with Gasteiger partial charge in [0.25, 0.3) is 0 Å². The van der Waals surface area contributed by atoms with Crippen LogP contribution >= 0.6 is 0 Å². The molecule has 0 aromatic carbocycles. The average molecular weight is 284 g/mol. The van der Waals surface area contributed by atoms with Crippen molar-refractivity contribution in [2.24, 2.45) is 0 Å². The Kier molecular flexibility index (Phi) is 5.94. The SMILES string of the molecule is CCS(=O)(=O)CCCC(NC)c1ccc(C)nc1C. The monoisotopic (exact) mass is 284 g/mol. The Morgan fingerprint density at radius 2 is 2.00 bits per heavy atom. The Balaban J connectivity index is 2.68. The van der Waals surface area contributed by atoms with Crippen LogP contribution in [0, 0.1) is 13.8 Å². The van der Waals surface area contributed by atoms with Crippen molar-refractivity contribution in [1.29, 1.82) is 0 Å². The van der Waals surface area contributed by atoms with E-state index in [1.54, 1.807) is 6.92 Å². The number of rotatable bonds is 7. The highest BCUT2D eigenvalue weighted by Gasteiger charge is 2.14. The Labute approximate surface area is 116 Å². The molecule has 1 unspecified atom stereocenters. The molecule has 0 aliphatic carbocycles. The maximum Gasteiger partial charge on any atom is 0.150 e. The highest BCUT2D eigenvalue weighted by Crippen LogP contribution is 2.21. The molecule has 108 valence electrons. The van der Waals surface area contributed by atoms with Gasteiger partial charge in [-0.2, -0.15) is 0 Å². The Hall–Kier alpha value is -0.940. The Bertz CT molecular complexity index is 512. The molecule has 0 saturated heterocycles. The lowest BCUT2D eigenvalue weighted by Gasteiger charge is -2.18. The normalized spacial score (nSPS) is 13.5. The van der Waals surface area contributed by atoms with E-state index in [2.05, 4.69) is 16.4 Å². The lowest BCUT2D eigenvalue weighted by Crippen LogP contribution is -2.19. The van der Waals surface area contributed by atoms with Gasteiger partial charge >= 0.3 is 0 Å². The van der Waals surface area contributed by atoms with Crippen molar-refractivity contribution in [3.63, 3.8) is 0 Å². The summed E-state index contributed by atoms with van der Waals surface area (Å²) in [5.74, 6) is 0.488. The molecule has 0 fully saturated rings. The molecule has 19 heavy (non-hydrogen) atoms. The van der Waals surface area contributed by atoms with Crippen LogP contribution in [0.15, 0.2) is 12.1 Å². The van der Waals surface area contributed by atoms with Gasteiger partial charge in [-0.05, 0) is 45.4 Å². The zero-order valence-corrected chi connectivity index (χ0v) is 13.0. The van der Waals surface area contributed by atoms with E-state index in [9.17, 15) is 8.42 Å². The van der Waals surface area contributed by atoms with Crippen molar-refractivity contribution in [3.05, 3.63) is 29.1 Å². The van der Waals surface area contributed by atoms with Crippen molar-refractivity contribution in [2.75, 3.05) is 18.6 Å². The molecule has 1 aromatic heterocycles. The average Bonchev–Trinajstić information content (AvgIpc) is 2.36. The minimum Gasteiger partial charge on any atom is -0.313 e. The maximum atomic E-state index is 11.5. The minimum absolute atomic E-state index is 0.167. The van der Waals surface area contributed by atoms with Gasteiger partial charge in [0, 0.05) is 23.2 Å². The largest absolute Gasteiger partial charge is 0.313 e. The van der Waals surface area contributed by atoms with Crippen LogP contribution in [-0.2, 0) is 9.84 Å². The van der Waals surface area contributed by atoms with Gasteiger partial charge in [-0.1, -0.05) is 13.0 Å². The zero-order chi connectivity index (χ0) is 14.5. The molecule has 0 saturated carbocycles. The van der Waals surface area contributed by atoms with Gasteiger partial charge in [0.1, 0.15) is 9.84 Å². The summed E-state index contributed by atoms with van der Waals surface area (Å²) < 4.78 is 23.0. The van der Waals surface area contributed by atoms with Gasteiger partial charge in [-0.15, -0.1) is 0 Å². The second-order valence-corrected chi connectivity index (χ2v) is 7.32. The molecule has 1 N–H and O–H groups in total. The molecule has 0 aliphatic heterocycles. The van der Waals surface area contributed by atoms with Crippen LogP contribution in [0.3, 0.4) is 0 Å². The molecule has 1 aromatic rings. The number of sulfone groups is 1. The third kappa shape index (κ3) is 4.91. The smallest absolute Gasteiger partial charge is 0.150 e. The minimum atomic E-state index is -2.87. The summed E-state index contributed by atoms with van der Waals surface area (Å²) in [5, 5.41) is 3.25. The number of hydrogen-bond acceptors (Lipinski definition) is 4. The molecule has 0 aliphatic rings. The van der Waals surface area contributed by atoms with Gasteiger partial charge in [0.05, 0.1) is 5.75 Å². The van der Waals surface area contributed by atoms with Crippen LogP contribution in [-0.4, -0.2) is 32.0 Å². The summed E-state index contributed by atoms with van der Waals surface area (Å²) in [6.07, 6.45) is 1.48. The molecule has 0 bridgehead atoms. The van der Waals surface area contributed by atoms with E-state index < -0.39 is 9.84 Å². The van der Waals surface area contributed by atoms with E-state index in [4.69, 9.17) is 0 Å². The van der Waals surface area contributed by atoms with E-state index in [0.29, 0.717) is 6.42 Å². The third-order valence-corrected chi connectivity index (χ3v) is 5.17. The fraction of sp³-hybridized carbons (Fsp3) is 0.643. The van der Waals surface area contributed by atoms with Crippen molar-refractivity contribution in [2.45, 2.75) is 39.7 Å². The molecule has 0 amide bonds. The predicted molar refractivity (Wildman–Crippen MR) is 79.1 cm³/mol. The third-order valence-electron chi connectivity index (χ3n) is 3.38. The molecule has 0 spiro atoms. The van der Waals surface area contributed by atoms with Crippen molar-refractivity contribution in [3.8, 4) is 0 Å². The van der Waals surface area contributed by atoms with E-state index >= 15 is 0 Å². The molecule has 5 heteroatoms. The summed E-state index contributed by atoms with van der Waals surface area (Å²) in [6, 6.07) is 4.24. The molecular weight excluding hydrogens is 260 g/mol. The number of hydrogen-bond donors (Lipinski definition) is 1. The van der Waals surface area contributed by atoms with Crippen LogP contribution in [0.25, 0.3) is 0 Å². The predicted octanol–water partition coefficient (Wildman–Crippen LogP) is 2.17. The highest BCUT2D eigenvalue weighted by atomic mass is 32.2. The molecular formula is C14H24N2O2S. The highest BCUT2D eigenvalue weighted by molar-refractivity contribution is 7.91. The first-order valence-corrected chi connectivity index (χ1v) is 8.53. The van der Waals surface area contributed by atoms with Crippen molar-refractivity contribution >= 4 is 9.84 Å². The van der Waals surface area contributed by atoms with Gasteiger partial charge in [0.2, 0.25) is 0 Å². The Morgan fingerprint density at radius 1 is 1.32 bits per heavy atom. The fourth-order valence-electron chi connectivity index (χ4n) is 2.17. The molecule has 0 radical (unpaired) electrons. The van der Waals surface area contributed by atoms with Crippen LogP contribution in [0.4, 0.5) is 0 Å². The maximum absolute atomic E-state index is 11.5. The van der Waals surface area contributed by atoms with E-state index in [-0.39, 0.29) is 17.5 Å². The second-order valence-electron chi connectivity index (χ2n) is 4.85. The Morgan fingerprint density at radius 3 is 2.53 bits per heavy atom. The van der Waals surface area contributed by atoms with Crippen LogP contribution in [0.1, 0.15) is 42.8 Å². The fourth-order valence-corrected chi connectivity index (χ4v) is 3.07. The molecule has 1 heterocycles. The first kappa shape index (κ1) is 16.1. The second kappa shape index (κ2) is 7.01. The summed E-state index contributed by atoms with van der Waals surface area (Å²) in [7, 11) is -0.965. The number of pyridine rings is 1. The van der Waals surface area contributed by atoms with E-state index in [0.717, 1.165) is 23.4 Å². The first-order chi connectivity index (χ1) is 8.89. The number of aryl methyl sites for hydroxylation is 2. The molecule has 1 atom stereocenters. The topological polar surface area (TPSA) is 59.1 Å². The van der Waals surface area contributed by atoms with Crippen LogP contribution in [0.5, 0.6) is 0 Å². The van der Waals surface area contributed by atoms with Gasteiger partial charge in [-0.25, -0.2) is 8.42 Å². The molecule has 4 nitrogen and oxygen atoms in total.